The number of halogens is 1. The van der Waals surface area contributed by atoms with Crippen LogP contribution in [-0.2, 0) is 4.79 Å². The van der Waals surface area contributed by atoms with Crippen LogP contribution in [-0.4, -0.2) is 24.5 Å². The maximum absolute atomic E-state index is 12.3. The van der Waals surface area contributed by atoms with Gasteiger partial charge in [-0.2, -0.15) is 0 Å². The lowest BCUT2D eigenvalue weighted by Crippen LogP contribution is -2.33. The summed E-state index contributed by atoms with van der Waals surface area (Å²) in [7, 11) is 1.78. The van der Waals surface area contributed by atoms with Crippen molar-refractivity contribution in [3.63, 3.8) is 0 Å². The summed E-state index contributed by atoms with van der Waals surface area (Å²) in [6.45, 7) is 3.92. The number of nitrogens with zero attached hydrogens (tertiary/aromatic N) is 1. The van der Waals surface area contributed by atoms with E-state index in [1.165, 1.54) is 0 Å². The average Bonchev–Trinajstić information content (AvgIpc) is 2.54. The van der Waals surface area contributed by atoms with Crippen molar-refractivity contribution in [2.75, 3.05) is 13.7 Å². The highest BCUT2D eigenvalue weighted by atomic mass is 35.5. The zero-order valence-corrected chi connectivity index (χ0v) is 13.8. The zero-order chi connectivity index (χ0) is 16.1. The highest BCUT2D eigenvalue weighted by molar-refractivity contribution is 6.32. The van der Waals surface area contributed by atoms with Crippen molar-refractivity contribution in [2.24, 2.45) is 0 Å². The van der Waals surface area contributed by atoms with Gasteiger partial charge in [-0.3, -0.25) is 4.79 Å². The van der Waals surface area contributed by atoms with Crippen LogP contribution in [0.25, 0.3) is 0 Å². The molecular formula is C18H20ClNO2. The van der Waals surface area contributed by atoms with Gasteiger partial charge in [0.05, 0.1) is 11.1 Å². The Labute approximate surface area is 136 Å². The minimum absolute atomic E-state index is 0.00900. The van der Waals surface area contributed by atoms with E-state index in [0.717, 1.165) is 11.1 Å². The van der Waals surface area contributed by atoms with Crippen molar-refractivity contribution in [1.29, 1.82) is 0 Å². The second kappa shape index (κ2) is 7.32. The largest absolute Gasteiger partial charge is 0.482 e. The van der Waals surface area contributed by atoms with E-state index in [0.29, 0.717) is 10.8 Å². The molecule has 2 aromatic carbocycles. The fourth-order valence-corrected chi connectivity index (χ4v) is 2.31. The zero-order valence-electron chi connectivity index (χ0n) is 13.0. The van der Waals surface area contributed by atoms with Crippen molar-refractivity contribution < 1.29 is 9.53 Å². The van der Waals surface area contributed by atoms with Crippen molar-refractivity contribution in [1.82, 2.24) is 4.90 Å². The first-order valence-electron chi connectivity index (χ1n) is 7.18. The Balaban J connectivity index is 1.98. The minimum atomic E-state index is -0.0890. The molecule has 1 atom stereocenters. The van der Waals surface area contributed by atoms with E-state index in [9.17, 15) is 4.79 Å². The Hall–Kier alpha value is -2.00. The Morgan fingerprint density at radius 2 is 1.91 bits per heavy atom. The maximum Gasteiger partial charge on any atom is 0.260 e. The van der Waals surface area contributed by atoms with Crippen molar-refractivity contribution >= 4 is 17.5 Å². The van der Waals surface area contributed by atoms with Gasteiger partial charge in [-0.15, -0.1) is 0 Å². The van der Waals surface area contributed by atoms with E-state index in [1.54, 1.807) is 18.0 Å². The summed E-state index contributed by atoms with van der Waals surface area (Å²) in [5.41, 5.74) is 2.13. The monoisotopic (exact) mass is 317 g/mol. The third-order valence-corrected chi connectivity index (χ3v) is 4.01. The molecule has 0 spiro atoms. The molecule has 3 nitrogen and oxygen atoms in total. The number of ether oxygens (including phenoxy) is 1. The molecule has 22 heavy (non-hydrogen) atoms. The molecule has 2 rings (SSSR count). The molecule has 0 aliphatic rings. The van der Waals surface area contributed by atoms with Gasteiger partial charge in [0, 0.05) is 7.05 Å². The van der Waals surface area contributed by atoms with E-state index >= 15 is 0 Å². The maximum atomic E-state index is 12.3. The quantitative estimate of drug-likeness (QED) is 0.825. The van der Waals surface area contributed by atoms with Crippen LogP contribution in [0.3, 0.4) is 0 Å². The van der Waals surface area contributed by atoms with E-state index in [2.05, 4.69) is 0 Å². The third kappa shape index (κ3) is 4.01. The first kappa shape index (κ1) is 16.4. The van der Waals surface area contributed by atoms with Crippen LogP contribution in [0.1, 0.15) is 24.1 Å². The summed E-state index contributed by atoms with van der Waals surface area (Å²) in [6, 6.07) is 15.4. The molecule has 2 aromatic rings. The van der Waals surface area contributed by atoms with E-state index in [-0.39, 0.29) is 18.6 Å². The van der Waals surface area contributed by atoms with Gasteiger partial charge in [-0.05, 0) is 37.1 Å². The number of carbonyl (C=O) groups is 1. The topological polar surface area (TPSA) is 29.5 Å². The number of carbonyl (C=O) groups excluding carboxylic acids is 1. The summed E-state index contributed by atoms with van der Waals surface area (Å²) in [4.78, 5) is 14.0. The molecule has 116 valence electrons. The first-order chi connectivity index (χ1) is 10.5. The van der Waals surface area contributed by atoms with E-state index in [1.807, 2.05) is 56.3 Å². The Morgan fingerprint density at radius 3 is 2.59 bits per heavy atom. The van der Waals surface area contributed by atoms with Crippen LogP contribution >= 0.6 is 11.6 Å². The second-order valence-corrected chi connectivity index (χ2v) is 5.72. The molecule has 0 heterocycles. The van der Waals surface area contributed by atoms with Crippen LogP contribution < -0.4 is 4.74 Å². The normalized spacial score (nSPS) is 11.8. The molecule has 0 saturated heterocycles. The van der Waals surface area contributed by atoms with Crippen LogP contribution in [0.4, 0.5) is 0 Å². The number of likely N-dealkylation sites (N-methyl/N-ethyl adjacent to an activating group) is 1. The molecule has 0 aromatic heterocycles. The van der Waals surface area contributed by atoms with Crippen molar-refractivity contribution in [3.05, 3.63) is 64.7 Å². The SMILES string of the molecule is Cc1ccc(Cl)c(OCC(=O)N(C)C(C)c2ccccc2)c1. The van der Waals surface area contributed by atoms with Crippen molar-refractivity contribution in [2.45, 2.75) is 19.9 Å². The molecule has 0 bridgehead atoms. The lowest BCUT2D eigenvalue weighted by Gasteiger charge is -2.25. The van der Waals surface area contributed by atoms with Crippen LogP contribution in [0.2, 0.25) is 5.02 Å². The third-order valence-electron chi connectivity index (χ3n) is 3.69. The molecule has 0 saturated carbocycles. The summed E-state index contributed by atoms with van der Waals surface area (Å²) in [5, 5.41) is 0.511. The Kier molecular flexibility index (Phi) is 5.45. The standard InChI is InChI=1S/C18H20ClNO2/c1-13-9-10-16(19)17(11-13)22-12-18(21)20(3)14(2)15-7-5-4-6-8-15/h4-11,14H,12H2,1-3H3. The number of benzene rings is 2. The molecular weight excluding hydrogens is 298 g/mol. The average molecular weight is 318 g/mol. The molecule has 4 heteroatoms. The predicted molar refractivity (Wildman–Crippen MR) is 89.3 cm³/mol. The number of aryl methyl sites for hydroxylation is 1. The predicted octanol–water partition coefficient (Wildman–Crippen LogP) is 4.25. The fraction of sp³-hybridized carbons (Fsp3) is 0.278. The molecule has 0 aliphatic heterocycles. The molecule has 1 unspecified atom stereocenters. The van der Waals surface area contributed by atoms with Crippen LogP contribution in [0.15, 0.2) is 48.5 Å². The number of rotatable bonds is 5. The van der Waals surface area contributed by atoms with Gasteiger partial charge in [0.25, 0.3) is 5.91 Å². The molecule has 0 fully saturated rings. The van der Waals surface area contributed by atoms with Gasteiger partial charge in [0.1, 0.15) is 5.75 Å². The Bertz CT molecular complexity index is 643. The Morgan fingerprint density at radius 1 is 1.23 bits per heavy atom. The molecule has 1 amide bonds. The van der Waals surface area contributed by atoms with Gasteiger partial charge < -0.3 is 9.64 Å². The van der Waals surface area contributed by atoms with Gasteiger partial charge in [-0.25, -0.2) is 0 Å². The summed E-state index contributed by atoms with van der Waals surface area (Å²) >= 11 is 6.07. The minimum Gasteiger partial charge on any atom is -0.482 e. The molecule has 0 aliphatic carbocycles. The lowest BCUT2D eigenvalue weighted by atomic mass is 10.1. The summed E-state index contributed by atoms with van der Waals surface area (Å²) < 4.78 is 5.56. The fourth-order valence-electron chi connectivity index (χ4n) is 2.13. The molecule has 0 radical (unpaired) electrons. The smallest absolute Gasteiger partial charge is 0.260 e. The highest BCUT2D eigenvalue weighted by Gasteiger charge is 2.18. The first-order valence-corrected chi connectivity index (χ1v) is 7.56. The van der Waals surface area contributed by atoms with Gasteiger partial charge >= 0.3 is 0 Å². The molecule has 0 N–H and O–H groups in total. The summed E-state index contributed by atoms with van der Waals surface area (Å²) in [6.07, 6.45) is 0. The number of hydrogen-bond acceptors (Lipinski definition) is 2. The highest BCUT2D eigenvalue weighted by Crippen LogP contribution is 2.25. The number of hydrogen-bond donors (Lipinski definition) is 0. The van der Waals surface area contributed by atoms with E-state index in [4.69, 9.17) is 16.3 Å². The second-order valence-electron chi connectivity index (χ2n) is 5.31. The lowest BCUT2D eigenvalue weighted by molar-refractivity contribution is -0.134. The van der Waals surface area contributed by atoms with E-state index < -0.39 is 0 Å². The van der Waals surface area contributed by atoms with Crippen molar-refractivity contribution in [3.8, 4) is 5.75 Å². The van der Waals surface area contributed by atoms with Gasteiger partial charge in [0.2, 0.25) is 0 Å². The summed E-state index contributed by atoms with van der Waals surface area (Å²) in [5.74, 6) is 0.449. The van der Waals surface area contributed by atoms with Gasteiger partial charge in [0.15, 0.2) is 6.61 Å². The van der Waals surface area contributed by atoms with Gasteiger partial charge in [-0.1, -0.05) is 48.0 Å². The number of amides is 1. The van der Waals surface area contributed by atoms with Crippen LogP contribution in [0.5, 0.6) is 5.75 Å². The van der Waals surface area contributed by atoms with Crippen LogP contribution in [0, 0.1) is 6.92 Å².